The molecular weight excluding hydrogens is 235 g/mol. The van der Waals surface area contributed by atoms with Crippen molar-refractivity contribution in [3.05, 3.63) is 43.3 Å². The van der Waals surface area contributed by atoms with Crippen LogP contribution in [0.15, 0.2) is 30.3 Å². The molecule has 0 heterocycles. The molecule has 0 amide bonds. The van der Waals surface area contributed by atoms with E-state index in [1.165, 1.54) is 76.2 Å². The van der Waals surface area contributed by atoms with E-state index in [-0.39, 0.29) is 26.3 Å². The van der Waals surface area contributed by atoms with Crippen LogP contribution in [0.1, 0.15) is 76.7 Å². The fraction of sp³-hybridized carbons (Fsp3) is 0.632. The number of benzene rings is 1. The Morgan fingerprint density at radius 1 is 0.650 bits per heavy atom. The van der Waals surface area contributed by atoms with E-state index in [4.69, 9.17) is 0 Å². The molecule has 0 bridgehead atoms. The molecule has 0 atom stereocenters. The second-order valence-corrected chi connectivity index (χ2v) is 5.42. The van der Waals surface area contributed by atoms with Crippen molar-refractivity contribution in [2.24, 2.45) is 0 Å². The Labute approximate surface area is 139 Å². The Kier molecular flexibility index (Phi) is 18.6. The molecule has 0 spiro atoms. The molecule has 1 aromatic rings. The van der Waals surface area contributed by atoms with Gasteiger partial charge < -0.3 is 7.43 Å². The van der Waals surface area contributed by atoms with Gasteiger partial charge in [-0.15, -0.1) is 0 Å². The van der Waals surface area contributed by atoms with Gasteiger partial charge in [0.25, 0.3) is 0 Å². The van der Waals surface area contributed by atoms with Crippen LogP contribution < -0.4 is 18.9 Å². The van der Waals surface area contributed by atoms with Crippen molar-refractivity contribution < 1.29 is 18.9 Å². The molecule has 1 rings (SSSR count). The second kappa shape index (κ2) is 16.9. The molecule has 20 heavy (non-hydrogen) atoms. The molecule has 0 fully saturated rings. The first kappa shape index (κ1) is 22.1. The first-order chi connectivity index (χ1) is 8.93. The van der Waals surface area contributed by atoms with Crippen molar-refractivity contribution in [3.8, 4) is 0 Å². The molecular formula is C19H33Li. The SMILES string of the molecule is CCCCCCCCCCCCc1ccccc1.[CH3-].[Li+]. The first-order valence-corrected chi connectivity index (χ1v) is 7.97. The third kappa shape index (κ3) is 12.8. The minimum atomic E-state index is 0. The monoisotopic (exact) mass is 268 g/mol. The van der Waals surface area contributed by atoms with Gasteiger partial charge in [-0.05, 0) is 18.4 Å². The maximum absolute atomic E-state index is 2.28. The van der Waals surface area contributed by atoms with Crippen LogP contribution in [-0.4, -0.2) is 0 Å². The van der Waals surface area contributed by atoms with E-state index >= 15 is 0 Å². The zero-order valence-corrected chi connectivity index (χ0v) is 14.2. The van der Waals surface area contributed by atoms with E-state index in [0.29, 0.717) is 0 Å². The first-order valence-electron chi connectivity index (χ1n) is 7.97. The molecule has 0 aliphatic carbocycles. The predicted molar refractivity (Wildman–Crippen MR) is 88.4 cm³/mol. The fourth-order valence-corrected chi connectivity index (χ4v) is 2.46. The van der Waals surface area contributed by atoms with E-state index in [0.717, 1.165) is 0 Å². The molecule has 0 nitrogen and oxygen atoms in total. The van der Waals surface area contributed by atoms with E-state index in [2.05, 4.69) is 37.3 Å². The predicted octanol–water partition coefficient (Wildman–Crippen LogP) is 3.60. The van der Waals surface area contributed by atoms with E-state index in [1.54, 1.807) is 0 Å². The zero-order valence-electron chi connectivity index (χ0n) is 14.2. The maximum Gasteiger partial charge on any atom is 1.00 e. The van der Waals surface area contributed by atoms with Gasteiger partial charge in [0.2, 0.25) is 0 Å². The van der Waals surface area contributed by atoms with Crippen LogP contribution in [-0.2, 0) is 6.42 Å². The summed E-state index contributed by atoms with van der Waals surface area (Å²) in [5.41, 5.74) is 1.50. The summed E-state index contributed by atoms with van der Waals surface area (Å²) < 4.78 is 0. The number of rotatable bonds is 11. The molecule has 0 saturated carbocycles. The van der Waals surface area contributed by atoms with Crippen LogP contribution in [0.25, 0.3) is 0 Å². The minimum absolute atomic E-state index is 0. The Morgan fingerprint density at radius 3 is 1.60 bits per heavy atom. The summed E-state index contributed by atoms with van der Waals surface area (Å²) in [6.45, 7) is 2.28. The van der Waals surface area contributed by atoms with E-state index in [1.807, 2.05) is 0 Å². The molecule has 0 aliphatic rings. The summed E-state index contributed by atoms with van der Waals surface area (Å²) in [4.78, 5) is 0. The van der Waals surface area contributed by atoms with Gasteiger partial charge in [0.15, 0.2) is 0 Å². The largest absolute Gasteiger partial charge is 1.00 e. The molecule has 0 unspecified atom stereocenters. The second-order valence-electron chi connectivity index (χ2n) is 5.42. The van der Waals surface area contributed by atoms with Crippen LogP contribution in [0, 0.1) is 7.43 Å². The molecule has 0 aromatic heterocycles. The van der Waals surface area contributed by atoms with Crippen molar-refractivity contribution in [2.45, 2.75) is 77.6 Å². The molecule has 1 heteroatoms. The Hall–Kier alpha value is -0.183. The van der Waals surface area contributed by atoms with Crippen molar-refractivity contribution in [1.29, 1.82) is 0 Å². The van der Waals surface area contributed by atoms with Crippen molar-refractivity contribution >= 4 is 0 Å². The van der Waals surface area contributed by atoms with Crippen molar-refractivity contribution in [1.82, 2.24) is 0 Å². The number of aryl methyl sites for hydroxylation is 1. The smallest absolute Gasteiger partial charge is 0.358 e. The minimum Gasteiger partial charge on any atom is -0.358 e. The van der Waals surface area contributed by atoms with Gasteiger partial charge in [0.05, 0.1) is 0 Å². The van der Waals surface area contributed by atoms with Gasteiger partial charge in [-0.25, -0.2) is 0 Å². The average Bonchev–Trinajstić information content (AvgIpc) is 2.42. The topological polar surface area (TPSA) is 0 Å². The number of unbranched alkanes of at least 4 members (excludes halogenated alkanes) is 9. The summed E-state index contributed by atoms with van der Waals surface area (Å²) in [7, 11) is 0. The third-order valence-corrected chi connectivity index (χ3v) is 3.66. The van der Waals surface area contributed by atoms with Crippen molar-refractivity contribution in [2.75, 3.05) is 0 Å². The van der Waals surface area contributed by atoms with E-state index < -0.39 is 0 Å². The third-order valence-electron chi connectivity index (χ3n) is 3.66. The average molecular weight is 268 g/mol. The molecule has 0 N–H and O–H groups in total. The molecule has 1 aromatic carbocycles. The molecule has 0 saturated heterocycles. The van der Waals surface area contributed by atoms with Crippen LogP contribution >= 0.6 is 0 Å². The Bertz CT molecular complexity index is 268. The number of hydrogen-bond donors (Lipinski definition) is 0. The normalized spacial score (nSPS) is 9.65. The summed E-state index contributed by atoms with van der Waals surface area (Å²) in [5, 5.41) is 0. The molecule has 0 aliphatic heterocycles. The summed E-state index contributed by atoms with van der Waals surface area (Å²) in [6.07, 6.45) is 15.5. The van der Waals surface area contributed by atoms with Gasteiger partial charge in [-0.3, -0.25) is 0 Å². The van der Waals surface area contributed by atoms with Crippen LogP contribution in [0.4, 0.5) is 0 Å². The van der Waals surface area contributed by atoms with E-state index in [9.17, 15) is 0 Å². The summed E-state index contributed by atoms with van der Waals surface area (Å²) in [5.74, 6) is 0. The van der Waals surface area contributed by atoms with Crippen LogP contribution in [0.5, 0.6) is 0 Å². The quantitative estimate of drug-likeness (QED) is 0.327. The standard InChI is InChI=1S/C18H30.CH3.Li/c1-2-3-4-5-6-7-8-9-10-12-15-18-16-13-11-14-17-18;;/h11,13-14,16-17H,2-10,12,15H2,1H3;1H3;/q;-1;+1. The Morgan fingerprint density at radius 2 is 1.10 bits per heavy atom. The van der Waals surface area contributed by atoms with Gasteiger partial charge in [-0.2, -0.15) is 0 Å². The number of hydrogen-bond acceptors (Lipinski definition) is 0. The fourth-order valence-electron chi connectivity index (χ4n) is 2.46. The van der Waals surface area contributed by atoms with Gasteiger partial charge >= 0.3 is 18.9 Å². The summed E-state index contributed by atoms with van der Waals surface area (Å²) >= 11 is 0. The maximum atomic E-state index is 2.28. The molecule has 0 radical (unpaired) electrons. The van der Waals surface area contributed by atoms with Gasteiger partial charge in [0, 0.05) is 0 Å². The van der Waals surface area contributed by atoms with Crippen LogP contribution in [0.2, 0.25) is 0 Å². The van der Waals surface area contributed by atoms with Crippen molar-refractivity contribution in [3.63, 3.8) is 0 Å². The van der Waals surface area contributed by atoms with Gasteiger partial charge in [-0.1, -0.05) is 95.0 Å². The van der Waals surface area contributed by atoms with Gasteiger partial charge in [0.1, 0.15) is 0 Å². The Balaban J connectivity index is 0. The zero-order chi connectivity index (χ0) is 12.9. The van der Waals surface area contributed by atoms with Crippen LogP contribution in [0.3, 0.4) is 0 Å². The summed E-state index contributed by atoms with van der Waals surface area (Å²) in [6, 6.07) is 10.9. The molecule has 110 valence electrons.